The molecule has 0 spiro atoms. The lowest BCUT2D eigenvalue weighted by molar-refractivity contribution is -0.118. The lowest BCUT2D eigenvalue weighted by atomic mass is 10.2. The van der Waals surface area contributed by atoms with Crippen molar-refractivity contribution in [1.82, 2.24) is 19.8 Å². The molecule has 1 fully saturated rings. The molecule has 2 heterocycles. The standard InChI is InChI=1S/C19H26N6O/c1-23(2)9-8-20-17-14-18(25-12-10-24(15-26)11-13-25)22-19(21-17)16-6-4-3-5-7-16/h3-7,14-15H,8-13H2,1-2H3,(H,20,21,22). The van der Waals surface area contributed by atoms with Crippen LogP contribution in [0.5, 0.6) is 0 Å². The van der Waals surface area contributed by atoms with Gasteiger partial charge in [0.2, 0.25) is 6.41 Å². The Kier molecular flexibility index (Phi) is 6.01. The third-order valence-electron chi connectivity index (χ3n) is 4.40. The zero-order chi connectivity index (χ0) is 18.4. The Labute approximate surface area is 154 Å². The molecule has 1 saturated heterocycles. The first-order valence-electron chi connectivity index (χ1n) is 8.93. The molecule has 1 aliphatic rings. The Morgan fingerprint density at radius 1 is 1.12 bits per heavy atom. The summed E-state index contributed by atoms with van der Waals surface area (Å²) in [5.41, 5.74) is 0.997. The minimum atomic E-state index is 0.716. The van der Waals surface area contributed by atoms with Crippen LogP contribution in [-0.4, -0.2) is 79.5 Å². The zero-order valence-corrected chi connectivity index (χ0v) is 15.4. The van der Waals surface area contributed by atoms with Crippen LogP contribution in [0.25, 0.3) is 11.4 Å². The number of piperazine rings is 1. The van der Waals surface area contributed by atoms with E-state index in [4.69, 9.17) is 9.97 Å². The molecule has 26 heavy (non-hydrogen) atoms. The van der Waals surface area contributed by atoms with Gasteiger partial charge in [-0.05, 0) is 14.1 Å². The SMILES string of the molecule is CN(C)CCNc1cc(N2CCN(C=O)CC2)nc(-c2ccccc2)n1. The van der Waals surface area contributed by atoms with Gasteiger partial charge in [0.05, 0.1) is 0 Å². The van der Waals surface area contributed by atoms with Gasteiger partial charge in [0.1, 0.15) is 11.6 Å². The van der Waals surface area contributed by atoms with Gasteiger partial charge >= 0.3 is 0 Å². The Hall–Kier alpha value is -2.67. The van der Waals surface area contributed by atoms with Gasteiger partial charge in [0.15, 0.2) is 5.82 Å². The number of nitrogens with one attached hydrogen (secondary N) is 1. The zero-order valence-electron chi connectivity index (χ0n) is 15.4. The molecule has 138 valence electrons. The van der Waals surface area contributed by atoms with Gasteiger partial charge in [-0.2, -0.15) is 0 Å². The number of carbonyl (C=O) groups is 1. The molecule has 7 heteroatoms. The highest BCUT2D eigenvalue weighted by molar-refractivity contribution is 5.62. The maximum atomic E-state index is 10.9. The van der Waals surface area contributed by atoms with Crippen molar-refractivity contribution >= 4 is 18.0 Å². The van der Waals surface area contributed by atoms with E-state index in [0.29, 0.717) is 5.82 Å². The molecule has 1 N–H and O–H groups in total. The molecule has 0 aliphatic carbocycles. The van der Waals surface area contributed by atoms with Gasteiger partial charge in [-0.1, -0.05) is 30.3 Å². The lowest BCUT2D eigenvalue weighted by Crippen LogP contribution is -2.46. The average molecular weight is 354 g/mol. The van der Waals surface area contributed by atoms with E-state index in [1.807, 2.05) is 36.4 Å². The van der Waals surface area contributed by atoms with Crippen molar-refractivity contribution in [2.45, 2.75) is 0 Å². The highest BCUT2D eigenvalue weighted by Gasteiger charge is 2.18. The topological polar surface area (TPSA) is 64.6 Å². The third-order valence-corrected chi connectivity index (χ3v) is 4.40. The molecule has 0 saturated carbocycles. The number of amides is 1. The van der Waals surface area contributed by atoms with E-state index in [2.05, 4.69) is 29.2 Å². The first kappa shape index (κ1) is 18.1. The summed E-state index contributed by atoms with van der Waals surface area (Å²) in [7, 11) is 4.10. The summed E-state index contributed by atoms with van der Waals surface area (Å²) in [5.74, 6) is 2.44. The molecule has 3 rings (SSSR count). The molecule has 0 unspecified atom stereocenters. The summed E-state index contributed by atoms with van der Waals surface area (Å²) in [6.07, 6.45) is 0.918. The summed E-state index contributed by atoms with van der Waals surface area (Å²) in [5, 5.41) is 3.40. The van der Waals surface area contributed by atoms with E-state index in [1.165, 1.54) is 0 Å². The van der Waals surface area contributed by atoms with Crippen LogP contribution in [0.1, 0.15) is 0 Å². The number of carbonyl (C=O) groups excluding carboxylic acids is 1. The number of rotatable bonds is 7. The fraction of sp³-hybridized carbons (Fsp3) is 0.421. The first-order chi connectivity index (χ1) is 12.7. The van der Waals surface area contributed by atoms with Gasteiger partial charge in [0.25, 0.3) is 0 Å². The summed E-state index contributed by atoms with van der Waals surface area (Å²) in [6.45, 7) is 4.74. The van der Waals surface area contributed by atoms with Crippen LogP contribution in [-0.2, 0) is 4.79 Å². The van der Waals surface area contributed by atoms with Crippen LogP contribution in [0.3, 0.4) is 0 Å². The second-order valence-corrected chi connectivity index (χ2v) is 6.66. The first-order valence-corrected chi connectivity index (χ1v) is 8.93. The average Bonchev–Trinajstić information content (AvgIpc) is 2.68. The number of hydrogen-bond acceptors (Lipinski definition) is 6. The minimum Gasteiger partial charge on any atom is -0.369 e. The van der Waals surface area contributed by atoms with E-state index < -0.39 is 0 Å². The number of aromatic nitrogens is 2. The molecule has 1 amide bonds. The van der Waals surface area contributed by atoms with Gasteiger partial charge in [-0.3, -0.25) is 4.79 Å². The van der Waals surface area contributed by atoms with Crippen molar-refractivity contribution in [1.29, 1.82) is 0 Å². The minimum absolute atomic E-state index is 0.716. The van der Waals surface area contributed by atoms with Gasteiger partial charge in [-0.25, -0.2) is 9.97 Å². The maximum Gasteiger partial charge on any atom is 0.209 e. The Balaban J connectivity index is 1.84. The highest BCUT2D eigenvalue weighted by atomic mass is 16.1. The number of likely N-dealkylation sites (N-methyl/N-ethyl adjacent to an activating group) is 1. The van der Waals surface area contributed by atoms with Gasteiger partial charge in [-0.15, -0.1) is 0 Å². The molecular weight excluding hydrogens is 328 g/mol. The van der Waals surface area contributed by atoms with Gasteiger partial charge < -0.3 is 20.0 Å². The lowest BCUT2D eigenvalue weighted by Gasteiger charge is -2.33. The molecule has 2 aromatic rings. The van der Waals surface area contributed by atoms with Crippen molar-refractivity contribution < 1.29 is 4.79 Å². The van der Waals surface area contributed by atoms with E-state index >= 15 is 0 Å². The van der Waals surface area contributed by atoms with Crippen LogP contribution in [0, 0.1) is 0 Å². The third kappa shape index (κ3) is 4.70. The number of nitrogens with zero attached hydrogens (tertiary/aromatic N) is 5. The predicted octanol–water partition coefficient (Wildman–Crippen LogP) is 1.40. The maximum absolute atomic E-state index is 10.9. The second-order valence-electron chi connectivity index (χ2n) is 6.66. The summed E-state index contributed by atoms with van der Waals surface area (Å²) >= 11 is 0. The van der Waals surface area contributed by atoms with Gasteiger partial charge in [0, 0.05) is 50.9 Å². The summed E-state index contributed by atoms with van der Waals surface area (Å²) < 4.78 is 0. The molecule has 0 radical (unpaired) electrons. The normalized spacial score (nSPS) is 14.6. The van der Waals surface area contributed by atoms with E-state index in [9.17, 15) is 4.79 Å². The number of hydrogen-bond donors (Lipinski definition) is 1. The summed E-state index contributed by atoms with van der Waals surface area (Å²) in [4.78, 5) is 26.6. The van der Waals surface area contributed by atoms with E-state index in [0.717, 1.165) is 62.9 Å². The summed E-state index contributed by atoms with van der Waals surface area (Å²) in [6, 6.07) is 12.0. The smallest absolute Gasteiger partial charge is 0.209 e. The molecule has 7 nitrogen and oxygen atoms in total. The molecule has 0 bridgehead atoms. The second kappa shape index (κ2) is 8.62. The van der Waals surface area contributed by atoms with Crippen molar-refractivity contribution in [3.8, 4) is 11.4 Å². The molecule has 1 aromatic heterocycles. The number of benzene rings is 1. The Morgan fingerprint density at radius 3 is 2.50 bits per heavy atom. The van der Waals surface area contributed by atoms with Crippen molar-refractivity contribution in [2.75, 3.05) is 63.6 Å². The molecular formula is C19H26N6O. The van der Waals surface area contributed by atoms with Crippen LogP contribution < -0.4 is 10.2 Å². The predicted molar refractivity (Wildman–Crippen MR) is 104 cm³/mol. The molecule has 1 aliphatic heterocycles. The van der Waals surface area contributed by atoms with Crippen LogP contribution in [0.4, 0.5) is 11.6 Å². The van der Waals surface area contributed by atoms with Crippen molar-refractivity contribution in [3.05, 3.63) is 36.4 Å². The van der Waals surface area contributed by atoms with Crippen molar-refractivity contribution in [2.24, 2.45) is 0 Å². The Morgan fingerprint density at radius 2 is 1.85 bits per heavy atom. The fourth-order valence-corrected chi connectivity index (χ4v) is 2.87. The monoisotopic (exact) mass is 354 g/mol. The fourth-order valence-electron chi connectivity index (χ4n) is 2.87. The van der Waals surface area contributed by atoms with Crippen molar-refractivity contribution in [3.63, 3.8) is 0 Å². The molecule has 1 aromatic carbocycles. The van der Waals surface area contributed by atoms with Crippen LogP contribution in [0.2, 0.25) is 0 Å². The number of anilines is 2. The quantitative estimate of drug-likeness (QED) is 0.758. The highest BCUT2D eigenvalue weighted by Crippen LogP contribution is 2.23. The van der Waals surface area contributed by atoms with Crippen LogP contribution >= 0.6 is 0 Å². The van der Waals surface area contributed by atoms with Crippen LogP contribution in [0.15, 0.2) is 36.4 Å². The largest absolute Gasteiger partial charge is 0.369 e. The van der Waals surface area contributed by atoms with E-state index in [1.54, 1.807) is 4.90 Å². The van der Waals surface area contributed by atoms with E-state index in [-0.39, 0.29) is 0 Å². The Bertz CT molecular complexity index is 713. The molecule has 0 atom stereocenters.